The summed E-state index contributed by atoms with van der Waals surface area (Å²) in [5.74, 6) is 0.0583. The fourth-order valence-electron chi connectivity index (χ4n) is 2.28. The van der Waals surface area contributed by atoms with E-state index in [4.69, 9.17) is 4.74 Å². The van der Waals surface area contributed by atoms with Crippen LogP contribution in [-0.4, -0.2) is 26.3 Å². The maximum Gasteiger partial charge on any atom is 0.330 e. The van der Waals surface area contributed by atoms with Gasteiger partial charge in [0.2, 0.25) is 0 Å². The molecule has 3 nitrogen and oxygen atoms in total. The Balaban J connectivity index is 2.34. The van der Waals surface area contributed by atoms with E-state index in [9.17, 15) is 4.79 Å². The van der Waals surface area contributed by atoms with Crippen molar-refractivity contribution in [2.75, 3.05) is 20.3 Å². The number of esters is 1. The first-order valence-electron chi connectivity index (χ1n) is 6.83. The van der Waals surface area contributed by atoms with E-state index in [1.165, 1.54) is 35.5 Å². The van der Waals surface area contributed by atoms with Crippen molar-refractivity contribution in [3.63, 3.8) is 0 Å². The Morgan fingerprint density at radius 3 is 2.25 bits per heavy atom. The van der Waals surface area contributed by atoms with Crippen LogP contribution in [0.1, 0.15) is 27.7 Å². The normalized spacial score (nSPS) is 17.1. The molecule has 0 radical (unpaired) electrons. The lowest BCUT2D eigenvalue weighted by Crippen LogP contribution is -2.10. The molecule has 0 aromatic heterocycles. The number of rotatable bonds is 6. The molecule has 0 bridgehead atoms. The van der Waals surface area contributed by atoms with Gasteiger partial charge in [-0.1, -0.05) is 29.4 Å². The number of ether oxygens (including phenoxy) is 2. The quantitative estimate of drug-likeness (QED) is 0.322. The zero-order valence-electron chi connectivity index (χ0n) is 13.0. The SMILES string of the molecule is COC(=O)/C=C/C=C/COCC1C(C)=C(C)C(C)=C1C. The van der Waals surface area contributed by atoms with Gasteiger partial charge in [0, 0.05) is 12.0 Å². The first kappa shape index (κ1) is 16.4. The van der Waals surface area contributed by atoms with Gasteiger partial charge >= 0.3 is 5.97 Å². The van der Waals surface area contributed by atoms with Crippen molar-refractivity contribution < 1.29 is 14.3 Å². The van der Waals surface area contributed by atoms with Crippen LogP contribution in [0, 0.1) is 5.92 Å². The molecular weight excluding hydrogens is 252 g/mol. The topological polar surface area (TPSA) is 35.5 Å². The molecule has 0 aliphatic heterocycles. The monoisotopic (exact) mass is 276 g/mol. The van der Waals surface area contributed by atoms with Crippen LogP contribution in [0.4, 0.5) is 0 Å². The van der Waals surface area contributed by atoms with Crippen molar-refractivity contribution in [1.82, 2.24) is 0 Å². The lowest BCUT2D eigenvalue weighted by Gasteiger charge is -2.14. The first-order chi connectivity index (χ1) is 9.49. The second kappa shape index (κ2) is 7.85. The maximum atomic E-state index is 10.8. The number of carbonyl (C=O) groups is 1. The third kappa shape index (κ3) is 4.20. The molecule has 0 spiro atoms. The van der Waals surface area contributed by atoms with Gasteiger partial charge in [0.05, 0.1) is 20.3 Å². The van der Waals surface area contributed by atoms with Gasteiger partial charge in [0.15, 0.2) is 0 Å². The Kier molecular flexibility index (Phi) is 6.46. The van der Waals surface area contributed by atoms with Crippen LogP contribution < -0.4 is 0 Å². The third-order valence-corrected chi connectivity index (χ3v) is 3.97. The number of methoxy groups -OCH3 is 1. The molecule has 3 heteroatoms. The molecule has 0 aromatic carbocycles. The van der Waals surface area contributed by atoms with Crippen molar-refractivity contribution in [2.45, 2.75) is 27.7 Å². The van der Waals surface area contributed by atoms with Crippen LogP contribution >= 0.6 is 0 Å². The van der Waals surface area contributed by atoms with Crippen LogP contribution in [0.5, 0.6) is 0 Å². The van der Waals surface area contributed by atoms with Crippen molar-refractivity contribution in [1.29, 1.82) is 0 Å². The zero-order valence-corrected chi connectivity index (χ0v) is 13.0. The van der Waals surface area contributed by atoms with Crippen molar-refractivity contribution >= 4 is 5.97 Å². The minimum atomic E-state index is -0.353. The van der Waals surface area contributed by atoms with E-state index in [1.807, 2.05) is 6.08 Å². The Morgan fingerprint density at radius 2 is 1.70 bits per heavy atom. The summed E-state index contributed by atoms with van der Waals surface area (Å²) in [6, 6.07) is 0. The van der Waals surface area contributed by atoms with Crippen LogP contribution in [0.3, 0.4) is 0 Å². The minimum absolute atomic E-state index is 0.353. The Morgan fingerprint density at radius 1 is 1.10 bits per heavy atom. The minimum Gasteiger partial charge on any atom is -0.466 e. The molecular formula is C17H24O3. The number of hydrogen-bond donors (Lipinski definition) is 0. The maximum absolute atomic E-state index is 10.8. The summed E-state index contributed by atoms with van der Waals surface area (Å²) >= 11 is 0. The molecule has 110 valence electrons. The fraction of sp³-hybridized carbons (Fsp3) is 0.471. The average molecular weight is 276 g/mol. The molecule has 0 atom stereocenters. The smallest absolute Gasteiger partial charge is 0.330 e. The van der Waals surface area contributed by atoms with Crippen LogP contribution in [0.15, 0.2) is 46.6 Å². The molecule has 20 heavy (non-hydrogen) atoms. The van der Waals surface area contributed by atoms with Gasteiger partial charge < -0.3 is 9.47 Å². The summed E-state index contributed by atoms with van der Waals surface area (Å²) in [6.45, 7) is 9.95. The van der Waals surface area contributed by atoms with E-state index in [2.05, 4.69) is 32.4 Å². The lowest BCUT2D eigenvalue weighted by atomic mass is 9.98. The Bertz CT molecular complexity index is 454. The molecule has 1 aliphatic rings. The molecule has 1 rings (SSSR count). The molecule has 0 amide bonds. The van der Waals surface area contributed by atoms with E-state index >= 15 is 0 Å². The zero-order chi connectivity index (χ0) is 15.1. The summed E-state index contributed by atoms with van der Waals surface area (Å²) in [4.78, 5) is 10.8. The predicted molar refractivity (Wildman–Crippen MR) is 81.4 cm³/mol. The molecule has 0 saturated carbocycles. The first-order valence-corrected chi connectivity index (χ1v) is 6.83. The Hall–Kier alpha value is -1.61. The van der Waals surface area contributed by atoms with E-state index < -0.39 is 0 Å². The number of allylic oxidation sites excluding steroid dienone is 4. The highest BCUT2D eigenvalue weighted by Gasteiger charge is 2.23. The summed E-state index contributed by atoms with van der Waals surface area (Å²) in [7, 11) is 1.36. The molecule has 0 aromatic rings. The second-order valence-electron chi connectivity index (χ2n) is 5.02. The van der Waals surface area contributed by atoms with Gasteiger partial charge in [0.1, 0.15) is 0 Å². The molecule has 0 N–H and O–H groups in total. The van der Waals surface area contributed by atoms with Crippen LogP contribution in [-0.2, 0) is 14.3 Å². The predicted octanol–water partition coefficient (Wildman–Crippen LogP) is 3.59. The molecule has 1 aliphatic carbocycles. The fourth-order valence-corrected chi connectivity index (χ4v) is 2.28. The largest absolute Gasteiger partial charge is 0.466 e. The summed E-state index contributed by atoms with van der Waals surface area (Å²) in [5, 5.41) is 0. The van der Waals surface area contributed by atoms with Crippen LogP contribution in [0.25, 0.3) is 0 Å². The van der Waals surface area contributed by atoms with Gasteiger partial charge in [-0.05, 0) is 38.8 Å². The summed E-state index contributed by atoms with van der Waals surface area (Å²) in [6.07, 6.45) is 6.69. The summed E-state index contributed by atoms with van der Waals surface area (Å²) in [5.41, 5.74) is 5.62. The van der Waals surface area contributed by atoms with Gasteiger partial charge in [-0.15, -0.1) is 0 Å². The average Bonchev–Trinajstić information content (AvgIpc) is 2.63. The van der Waals surface area contributed by atoms with E-state index in [-0.39, 0.29) is 5.97 Å². The number of hydrogen-bond acceptors (Lipinski definition) is 3. The highest BCUT2D eigenvalue weighted by Crippen LogP contribution is 2.36. The molecule has 0 fully saturated rings. The highest BCUT2D eigenvalue weighted by molar-refractivity contribution is 5.82. The molecule has 0 heterocycles. The molecule has 0 saturated heterocycles. The van der Waals surface area contributed by atoms with Gasteiger partial charge in [0.25, 0.3) is 0 Å². The van der Waals surface area contributed by atoms with E-state index in [1.54, 1.807) is 12.2 Å². The van der Waals surface area contributed by atoms with Gasteiger partial charge in [-0.2, -0.15) is 0 Å². The molecule has 0 unspecified atom stereocenters. The number of carbonyl (C=O) groups excluding carboxylic acids is 1. The standard InChI is InChI=1S/C17H24O3/c1-12-13(2)15(4)16(14(12)3)11-20-10-8-6-7-9-17(18)19-5/h6-9,16H,10-11H2,1-5H3/b8-6+,9-7+. The van der Waals surface area contributed by atoms with Gasteiger partial charge in [-0.25, -0.2) is 4.79 Å². The third-order valence-electron chi connectivity index (χ3n) is 3.97. The second-order valence-corrected chi connectivity index (χ2v) is 5.02. The highest BCUT2D eigenvalue weighted by atomic mass is 16.5. The van der Waals surface area contributed by atoms with E-state index in [0.717, 1.165) is 0 Å². The lowest BCUT2D eigenvalue weighted by molar-refractivity contribution is -0.134. The van der Waals surface area contributed by atoms with Gasteiger partial charge in [-0.3, -0.25) is 0 Å². The van der Waals surface area contributed by atoms with E-state index in [0.29, 0.717) is 19.1 Å². The van der Waals surface area contributed by atoms with Crippen molar-refractivity contribution in [3.8, 4) is 0 Å². The van der Waals surface area contributed by atoms with Crippen molar-refractivity contribution in [2.24, 2.45) is 5.92 Å². The van der Waals surface area contributed by atoms with Crippen molar-refractivity contribution in [3.05, 3.63) is 46.6 Å². The van der Waals surface area contributed by atoms with Crippen LogP contribution in [0.2, 0.25) is 0 Å². The summed E-state index contributed by atoms with van der Waals surface area (Å²) < 4.78 is 10.2. The Labute approximate surface area is 121 Å².